The van der Waals surface area contributed by atoms with Gasteiger partial charge in [0.1, 0.15) is 11.5 Å². The molecule has 1 heterocycles. The van der Waals surface area contributed by atoms with Crippen LogP contribution in [0.15, 0.2) is 36.7 Å². The number of benzene rings is 1. The number of halogens is 3. The Kier molecular flexibility index (Phi) is 5.93. The topological polar surface area (TPSA) is 66.9 Å². The predicted molar refractivity (Wildman–Crippen MR) is 95.7 cm³/mol. The number of alkyl halides is 3. The van der Waals surface area contributed by atoms with Crippen molar-refractivity contribution in [3.8, 4) is 0 Å². The molecule has 3 rings (SSSR count). The van der Waals surface area contributed by atoms with Crippen LogP contribution < -0.4 is 10.6 Å². The summed E-state index contributed by atoms with van der Waals surface area (Å²) in [7, 11) is 0. The van der Waals surface area contributed by atoms with E-state index in [0.29, 0.717) is 0 Å². The fourth-order valence-electron chi connectivity index (χ4n) is 3.11. The lowest BCUT2D eigenvalue weighted by Gasteiger charge is -2.15. The zero-order valence-corrected chi connectivity index (χ0v) is 14.7. The molecule has 1 aromatic heterocycles. The van der Waals surface area contributed by atoms with Crippen molar-refractivity contribution in [2.45, 2.75) is 50.7 Å². The van der Waals surface area contributed by atoms with Crippen LogP contribution >= 0.6 is 0 Å². The number of nitrogens with one attached hydrogen (secondary N) is 2. The molecule has 27 heavy (non-hydrogen) atoms. The summed E-state index contributed by atoms with van der Waals surface area (Å²) in [6.07, 6.45) is 4.79. The lowest BCUT2D eigenvalue weighted by atomic mass is 10.1. The molecule has 5 nitrogen and oxygen atoms in total. The first kappa shape index (κ1) is 19.1. The molecule has 1 aliphatic carbocycles. The van der Waals surface area contributed by atoms with Gasteiger partial charge in [-0.25, -0.2) is 9.97 Å². The Labute approximate surface area is 155 Å². The van der Waals surface area contributed by atoms with Crippen LogP contribution in [0.25, 0.3) is 0 Å². The van der Waals surface area contributed by atoms with Gasteiger partial charge in [0, 0.05) is 11.7 Å². The van der Waals surface area contributed by atoms with Crippen molar-refractivity contribution in [1.82, 2.24) is 15.3 Å². The molecule has 0 unspecified atom stereocenters. The van der Waals surface area contributed by atoms with Gasteiger partial charge in [0.05, 0.1) is 18.0 Å². The van der Waals surface area contributed by atoms with Crippen LogP contribution in [0.2, 0.25) is 0 Å². The summed E-state index contributed by atoms with van der Waals surface area (Å²) < 4.78 is 38.3. The van der Waals surface area contributed by atoms with Gasteiger partial charge in [-0.3, -0.25) is 4.79 Å². The number of amides is 1. The van der Waals surface area contributed by atoms with E-state index in [4.69, 9.17) is 0 Å². The second-order valence-electron chi connectivity index (χ2n) is 6.65. The van der Waals surface area contributed by atoms with E-state index in [1.54, 1.807) is 0 Å². The quantitative estimate of drug-likeness (QED) is 0.758. The maximum Gasteiger partial charge on any atom is 0.416 e. The Morgan fingerprint density at radius 1 is 1.04 bits per heavy atom. The zero-order valence-electron chi connectivity index (χ0n) is 14.7. The third-order valence-corrected chi connectivity index (χ3v) is 4.54. The summed E-state index contributed by atoms with van der Waals surface area (Å²) in [6, 6.07) is 4.97. The molecule has 1 amide bonds. The van der Waals surface area contributed by atoms with E-state index in [9.17, 15) is 18.0 Å². The SMILES string of the molecule is O=C(NC1CCCCCC1)c1cnc(Nc2cccc(C(F)(F)F)c2)cn1. The van der Waals surface area contributed by atoms with Gasteiger partial charge in [-0.15, -0.1) is 0 Å². The van der Waals surface area contributed by atoms with Crippen molar-refractivity contribution in [3.63, 3.8) is 0 Å². The minimum Gasteiger partial charge on any atom is -0.348 e. The first-order valence-electron chi connectivity index (χ1n) is 8.99. The predicted octanol–water partition coefficient (Wildman–Crippen LogP) is 4.69. The number of rotatable bonds is 4. The standard InChI is InChI=1S/C19H21F3N4O/c20-19(21,22)13-6-5-9-15(10-13)25-17-12-23-16(11-24-17)18(27)26-14-7-3-1-2-4-8-14/h5-6,9-12,14H,1-4,7-8H2,(H,24,25)(H,26,27). The summed E-state index contributed by atoms with van der Waals surface area (Å²) in [5.41, 5.74) is -0.316. The Morgan fingerprint density at radius 3 is 2.41 bits per heavy atom. The highest BCUT2D eigenvalue weighted by Gasteiger charge is 2.30. The summed E-state index contributed by atoms with van der Waals surface area (Å²) in [4.78, 5) is 20.4. The smallest absolute Gasteiger partial charge is 0.348 e. The van der Waals surface area contributed by atoms with E-state index in [1.807, 2.05) is 0 Å². The molecule has 8 heteroatoms. The maximum absolute atomic E-state index is 12.8. The molecule has 2 aromatic rings. The van der Waals surface area contributed by atoms with E-state index in [-0.39, 0.29) is 29.1 Å². The first-order valence-corrected chi connectivity index (χ1v) is 8.99. The number of carbonyl (C=O) groups excluding carboxylic acids is 1. The normalized spacial score (nSPS) is 15.8. The third kappa shape index (κ3) is 5.42. The van der Waals surface area contributed by atoms with Crippen LogP contribution in [0.3, 0.4) is 0 Å². The summed E-state index contributed by atoms with van der Waals surface area (Å²) >= 11 is 0. The number of anilines is 2. The number of aromatic nitrogens is 2. The highest BCUT2D eigenvalue weighted by atomic mass is 19.4. The summed E-state index contributed by atoms with van der Waals surface area (Å²) in [5, 5.41) is 5.75. The molecule has 1 aliphatic rings. The fraction of sp³-hybridized carbons (Fsp3) is 0.421. The van der Waals surface area contributed by atoms with E-state index < -0.39 is 11.7 Å². The average Bonchev–Trinajstić information content (AvgIpc) is 2.90. The Balaban J connectivity index is 1.62. The van der Waals surface area contributed by atoms with Gasteiger partial charge in [-0.05, 0) is 31.0 Å². The molecule has 0 radical (unpaired) electrons. The fourth-order valence-corrected chi connectivity index (χ4v) is 3.11. The molecule has 0 spiro atoms. The second-order valence-corrected chi connectivity index (χ2v) is 6.65. The molecule has 1 aromatic carbocycles. The lowest BCUT2D eigenvalue weighted by molar-refractivity contribution is -0.137. The first-order chi connectivity index (χ1) is 12.9. The molecule has 1 saturated carbocycles. The lowest BCUT2D eigenvalue weighted by Crippen LogP contribution is -2.34. The van der Waals surface area contributed by atoms with Crippen molar-refractivity contribution >= 4 is 17.4 Å². The van der Waals surface area contributed by atoms with Crippen molar-refractivity contribution in [1.29, 1.82) is 0 Å². The molecular weight excluding hydrogens is 357 g/mol. The molecule has 2 N–H and O–H groups in total. The van der Waals surface area contributed by atoms with Crippen molar-refractivity contribution in [3.05, 3.63) is 47.9 Å². The Hall–Kier alpha value is -2.64. The molecule has 1 fully saturated rings. The number of carbonyl (C=O) groups is 1. The van der Waals surface area contributed by atoms with Crippen LogP contribution in [0.1, 0.15) is 54.6 Å². The molecule has 144 valence electrons. The molecule has 0 bridgehead atoms. The molecular formula is C19H21F3N4O. The van der Waals surface area contributed by atoms with Crippen LogP contribution in [0.5, 0.6) is 0 Å². The Morgan fingerprint density at radius 2 is 1.78 bits per heavy atom. The minimum atomic E-state index is -4.41. The third-order valence-electron chi connectivity index (χ3n) is 4.54. The van der Waals surface area contributed by atoms with Crippen LogP contribution in [0, 0.1) is 0 Å². The summed E-state index contributed by atoms with van der Waals surface area (Å²) in [6.45, 7) is 0. The molecule has 0 aliphatic heterocycles. The van der Waals surface area contributed by atoms with Gasteiger partial charge in [-0.1, -0.05) is 31.7 Å². The van der Waals surface area contributed by atoms with Crippen LogP contribution in [0.4, 0.5) is 24.7 Å². The average molecular weight is 378 g/mol. The van der Waals surface area contributed by atoms with Gasteiger partial charge in [0.15, 0.2) is 0 Å². The Bertz CT molecular complexity index is 769. The van der Waals surface area contributed by atoms with E-state index in [0.717, 1.165) is 37.8 Å². The number of nitrogens with zero attached hydrogens (tertiary/aromatic N) is 2. The van der Waals surface area contributed by atoms with Gasteiger partial charge < -0.3 is 10.6 Å². The zero-order chi connectivity index (χ0) is 19.3. The van der Waals surface area contributed by atoms with E-state index in [2.05, 4.69) is 20.6 Å². The number of hydrogen-bond donors (Lipinski definition) is 2. The van der Waals surface area contributed by atoms with Crippen molar-refractivity contribution in [2.24, 2.45) is 0 Å². The van der Waals surface area contributed by atoms with Gasteiger partial charge in [0.25, 0.3) is 5.91 Å². The van der Waals surface area contributed by atoms with Gasteiger partial charge in [-0.2, -0.15) is 13.2 Å². The van der Waals surface area contributed by atoms with E-state index in [1.165, 1.54) is 37.4 Å². The monoisotopic (exact) mass is 378 g/mol. The largest absolute Gasteiger partial charge is 0.416 e. The second kappa shape index (κ2) is 8.37. The van der Waals surface area contributed by atoms with Crippen LogP contribution in [-0.2, 0) is 6.18 Å². The highest BCUT2D eigenvalue weighted by Crippen LogP contribution is 2.31. The number of hydrogen-bond acceptors (Lipinski definition) is 4. The highest BCUT2D eigenvalue weighted by molar-refractivity contribution is 5.92. The maximum atomic E-state index is 12.8. The molecule has 0 atom stereocenters. The van der Waals surface area contributed by atoms with Crippen molar-refractivity contribution in [2.75, 3.05) is 5.32 Å². The van der Waals surface area contributed by atoms with Crippen molar-refractivity contribution < 1.29 is 18.0 Å². The minimum absolute atomic E-state index is 0.157. The summed E-state index contributed by atoms with van der Waals surface area (Å²) in [5.74, 6) is -0.0136. The van der Waals surface area contributed by atoms with Gasteiger partial charge >= 0.3 is 6.18 Å². The van der Waals surface area contributed by atoms with Crippen LogP contribution in [-0.4, -0.2) is 21.9 Å². The molecule has 0 saturated heterocycles. The van der Waals surface area contributed by atoms with Gasteiger partial charge in [0.2, 0.25) is 0 Å². The van der Waals surface area contributed by atoms with E-state index >= 15 is 0 Å².